The Morgan fingerprint density at radius 2 is 2.12 bits per heavy atom. The van der Waals surface area contributed by atoms with Crippen LogP contribution < -0.4 is 11.1 Å². The van der Waals surface area contributed by atoms with E-state index < -0.39 is 5.66 Å². The van der Waals surface area contributed by atoms with Crippen LogP contribution in [0, 0.1) is 6.92 Å². The van der Waals surface area contributed by atoms with Gasteiger partial charge in [0, 0.05) is 0 Å². The fourth-order valence-corrected chi connectivity index (χ4v) is 2.32. The number of imidazole rings is 1. The van der Waals surface area contributed by atoms with Crippen LogP contribution in [0.25, 0.3) is 11.0 Å². The van der Waals surface area contributed by atoms with Crippen LogP contribution in [-0.2, 0) is 5.66 Å². The number of aryl methyl sites for hydroxylation is 1. The monoisotopic (exact) mass is 229 g/mol. The van der Waals surface area contributed by atoms with Gasteiger partial charge in [-0.3, -0.25) is 9.88 Å². The van der Waals surface area contributed by atoms with Crippen molar-refractivity contribution < 1.29 is 0 Å². The molecular formula is C12H15N5. The quantitative estimate of drug-likeness (QED) is 0.723. The van der Waals surface area contributed by atoms with Gasteiger partial charge in [0.15, 0.2) is 5.96 Å². The Kier molecular flexibility index (Phi) is 1.79. The number of aromatic nitrogens is 2. The molecule has 3 rings (SSSR count). The number of nitrogens with zero attached hydrogens (tertiary/aromatic N) is 3. The first kappa shape index (κ1) is 10.1. The van der Waals surface area contributed by atoms with Crippen LogP contribution in [0.1, 0.15) is 19.4 Å². The predicted octanol–water partition coefficient (Wildman–Crippen LogP) is 1.78. The van der Waals surface area contributed by atoms with Gasteiger partial charge in [0.05, 0.1) is 11.0 Å². The lowest BCUT2D eigenvalue weighted by atomic mass is 10.2. The van der Waals surface area contributed by atoms with Gasteiger partial charge in [0.1, 0.15) is 5.66 Å². The van der Waals surface area contributed by atoms with Crippen molar-refractivity contribution in [3.8, 4) is 0 Å². The number of guanidine groups is 1. The molecule has 0 saturated carbocycles. The average molecular weight is 229 g/mol. The lowest BCUT2D eigenvalue weighted by Crippen LogP contribution is -2.38. The number of benzene rings is 1. The normalized spacial score (nSPS) is 17.5. The van der Waals surface area contributed by atoms with Crippen molar-refractivity contribution in [2.45, 2.75) is 26.4 Å². The molecule has 0 atom stereocenters. The minimum atomic E-state index is -0.408. The zero-order chi connectivity index (χ0) is 12.2. The standard InChI is InChI=1S/C12H15N5/c1-7-4-5-9-8(6-7)14-11-15-10(13)16-12(2,3)17(9)11/h4-6H,1-3H3,(H3,13,14,15,16). The van der Waals surface area contributed by atoms with Crippen molar-refractivity contribution in [3.05, 3.63) is 23.8 Å². The zero-order valence-corrected chi connectivity index (χ0v) is 10.2. The van der Waals surface area contributed by atoms with E-state index >= 15 is 0 Å². The number of anilines is 1. The van der Waals surface area contributed by atoms with Gasteiger partial charge in [0.2, 0.25) is 5.95 Å². The first-order valence-corrected chi connectivity index (χ1v) is 5.59. The Hall–Kier alpha value is -2.04. The van der Waals surface area contributed by atoms with Gasteiger partial charge >= 0.3 is 0 Å². The number of hydrogen-bond acceptors (Lipinski definition) is 4. The van der Waals surface area contributed by atoms with E-state index in [1.54, 1.807) is 0 Å². The van der Waals surface area contributed by atoms with Gasteiger partial charge in [0.25, 0.3) is 0 Å². The molecule has 17 heavy (non-hydrogen) atoms. The third kappa shape index (κ3) is 1.39. The molecule has 1 aromatic carbocycles. The highest BCUT2D eigenvalue weighted by Gasteiger charge is 2.29. The summed E-state index contributed by atoms with van der Waals surface area (Å²) >= 11 is 0. The van der Waals surface area contributed by atoms with Gasteiger partial charge in [-0.25, -0.2) is 9.98 Å². The van der Waals surface area contributed by atoms with E-state index in [4.69, 9.17) is 5.73 Å². The summed E-state index contributed by atoms with van der Waals surface area (Å²) in [5.41, 5.74) is 8.58. The molecule has 1 aliphatic heterocycles. The maximum atomic E-state index is 5.76. The topological polar surface area (TPSA) is 68.2 Å². The van der Waals surface area contributed by atoms with Crippen LogP contribution in [-0.4, -0.2) is 15.5 Å². The first-order valence-electron chi connectivity index (χ1n) is 5.59. The number of fused-ring (bicyclic) bond motifs is 3. The summed E-state index contributed by atoms with van der Waals surface area (Å²) in [6, 6.07) is 6.21. The summed E-state index contributed by atoms with van der Waals surface area (Å²) in [6.45, 7) is 6.09. The van der Waals surface area contributed by atoms with Crippen molar-refractivity contribution in [2.24, 2.45) is 10.7 Å². The number of hydrogen-bond donors (Lipinski definition) is 2. The molecule has 2 heterocycles. The number of aliphatic imine (C=N–C) groups is 1. The summed E-state index contributed by atoms with van der Waals surface area (Å²) in [5.74, 6) is 1.16. The highest BCUT2D eigenvalue weighted by atomic mass is 15.4. The molecule has 0 spiro atoms. The van der Waals surface area contributed by atoms with Crippen LogP contribution in [0.15, 0.2) is 23.2 Å². The maximum absolute atomic E-state index is 5.76. The van der Waals surface area contributed by atoms with Gasteiger partial charge in [-0.1, -0.05) is 6.07 Å². The van der Waals surface area contributed by atoms with E-state index in [2.05, 4.69) is 45.0 Å². The number of nitrogens with two attached hydrogens (primary N) is 1. The average Bonchev–Trinajstić information content (AvgIpc) is 2.53. The van der Waals surface area contributed by atoms with Gasteiger partial charge in [-0.15, -0.1) is 0 Å². The predicted molar refractivity (Wildman–Crippen MR) is 69.0 cm³/mol. The van der Waals surface area contributed by atoms with E-state index in [-0.39, 0.29) is 0 Å². The summed E-state index contributed by atoms with van der Waals surface area (Å²) in [4.78, 5) is 8.96. The van der Waals surface area contributed by atoms with E-state index in [0.29, 0.717) is 5.96 Å². The third-order valence-corrected chi connectivity index (χ3v) is 2.99. The molecule has 3 N–H and O–H groups in total. The molecule has 0 saturated heterocycles. The Bertz CT molecular complexity index is 636. The number of nitrogens with one attached hydrogen (secondary N) is 1. The second kappa shape index (κ2) is 3.00. The molecule has 88 valence electrons. The molecule has 0 unspecified atom stereocenters. The van der Waals surface area contributed by atoms with Crippen LogP contribution in [0.4, 0.5) is 5.95 Å². The Morgan fingerprint density at radius 3 is 2.88 bits per heavy atom. The van der Waals surface area contributed by atoms with Crippen molar-refractivity contribution in [1.29, 1.82) is 0 Å². The molecule has 1 aliphatic rings. The second-order valence-electron chi connectivity index (χ2n) is 4.88. The lowest BCUT2D eigenvalue weighted by Gasteiger charge is -2.29. The van der Waals surface area contributed by atoms with Crippen molar-refractivity contribution in [1.82, 2.24) is 9.55 Å². The maximum Gasteiger partial charge on any atom is 0.212 e. The summed E-state index contributed by atoms with van der Waals surface area (Å²) < 4.78 is 2.07. The highest BCUT2D eigenvalue weighted by molar-refractivity contribution is 5.94. The summed E-state index contributed by atoms with van der Waals surface area (Å²) in [7, 11) is 0. The molecule has 0 fully saturated rings. The fourth-order valence-electron chi connectivity index (χ4n) is 2.32. The highest BCUT2D eigenvalue weighted by Crippen LogP contribution is 2.31. The SMILES string of the molecule is Cc1ccc2c(c1)nc1n2C(C)(C)N=C(N)N1. The lowest BCUT2D eigenvalue weighted by molar-refractivity contribution is 0.385. The molecule has 2 aromatic rings. The molecule has 0 bridgehead atoms. The second-order valence-corrected chi connectivity index (χ2v) is 4.88. The van der Waals surface area contributed by atoms with Crippen molar-refractivity contribution >= 4 is 22.9 Å². The van der Waals surface area contributed by atoms with Crippen molar-refractivity contribution in [2.75, 3.05) is 5.32 Å². The fraction of sp³-hybridized carbons (Fsp3) is 0.333. The summed E-state index contributed by atoms with van der Waals surface area (Å²) in [6.07, 6.45) is 0. The third-order valence-electron chi connectivity index (χ3n) is 2.99. The smallest absolute Gasteiger partial charge is 0.212 e. The molecule has 1 aromatic heterocycles. The first-order chi connectivity index (χ1) is 7.97. The zero-order valence-electron chi connectivity index (χ0n) is 10.2. The van der Waals surface area contributed by atoms with Crippen LogP contribution >= 0.6 is 0 Å². The van der Waals surface area contributed by atoms with E-state index in [1.165, 1.54) is 5.56 Å². The minimum absolute atomic E-state index is 0.408. The molecule has 0 radical (unpaired) electrons. The molecular weight excluding hydrogens is 214 g/mol. The van der Waals surface area contributed by atoms with E-state index in [0.717, 1.165) is 17.0 Å². The molecule has 0 amide bonds. The minimum Gasteiger partial charge on any atom is -0.370 e. The molecule has 5 heteroatoms. The van der Waals surface area contributed by atoms with Crippen LogP contribution in [0.5, 0.6) is 0 Å². The van der Waals surface area contributed by atoms with Crippen molar-refractivity contribution in [3.63, 3.8) is 0 Å². The summed E-state index contributed by atoms with van der Waals surface area (Å²) in [5, 5.41) is 3.00. The van der Waals surface area contributed by atoms with Gasteiger partial charge in [-0.05, 0) is 38.5 Å². The van der Waals surface area contributed by atoms with Gasteiger partial charge in [-0.2, -0.15) is 0 Å². The van der Waals surface area contributed by atoms with Crippen LogP contribution in [0.3, 0.4) is 0 Å². The van der Waals surface area contributed by atoms with Crippen LogP contribution in [0.2, 0.25) is 0 Å². The van der Waals surface area contributed by atoms with E-state index in [1.807, 2.05) is 13.8 Å². The van der Waals surface area contributed by atoms with Gasteiger partial charge < -0.3 is 5.73 Å². The Morgan fingerprint density at radius 1 is 1.35 bits per heavy atom. The largest absolute Gasteiger partial charge is 0.370 e. The Balaban J connectivity index is 2.35. The molecule has 0 aliphatic carbocycles. The molecule has 5 nitrogen and oxygen atoms in total. The van der Waals surface area contributed by atoms with E-state index in [9.17, 15) is 0 Å². The Labute approximate surface area is 99.4 Å². The number of rotatable bonds is 0.